The molecule has 2 bridgehead atoms. The van der Waals surface area contributed by atoms with Crippen molar-refractivity contribution in [1.29, 1.82) is 0 Å². The number of hydrogen-bond acceptors (Lipinski definition) is 3. The molecule has 24 heavy (non-hydrogen) atoms. The molecule has 0 spiro atoms. The lowest BCUT2D eigenvalue weighted by Gasteiger charge is -2.41. The van der Waals surface area contributed by atoms with Crippen LogP contribution >= 0.6 is 11.3 Å². The average Bonchev–Trinajstić information content (AvgIpc) is 3.09. The Morgan fingerprint density at radius 1 is 1.12 bits per heavy atom. The zero-order valence-electron chi connectivity index (χ0n) is 14.0. The molecule has 2 atom stereocenters. The van der Waals surface area contributed by atoms with Gasteiger partial charge in [0.2, 0.25) is 0 Å². The quantitative estimate of drug-likeness (QED) is 0.836. The van der Waals surface area contributed by atoms with Crippen molar-refractivity contribution in [3.8, 4) is 0 Å². The van der Waals surface area contributed by atoms with E-state index in [1.807, 2.05) is 11.4 Å². The number of aryl methyl sites for hydroxylation is 2. The summed E-state index contributed by atoms with van der Waals surface area (Å²) in [6, 6.07) is 10.5. The van der Waals surface area contributed by atoms with E-state index in [1.165, 1.54) is 31.2 Å². The molecule has 4 heteroatoms. The number of hydrogen-bond donors (Lipinski definition) is 0. The number of likely N-dealkylation sites (tertiary alicyclic amines) is 1. The van der Waals surface area contributed by atoms with E-state index < -0.39 is 0 Å². The van der Waals surface area contributed by atoms with Crippen LogP contribution < -0.4 is 0 Å². The second-order valence-electron chi connectivity index (χ2n) is 7.22. The lowest BCUT2D eigenvalue weighted by Crippen LogP contribution is -2.45. The minimum Gasteiger partial charge on any atom is -0.337 e. The number of thiazole rings is 1. The molecule has 2 unspecified atom stereocenters. The number of carbonyl (C=O) groups is 1. The van der Waals surface area contributed by atoms with Crippen LogP contribution in [0.4, 0.5) is 0 Å². The van der Waals surface area contributed by atoms with Crippen LogP contribution in [0.3, 0.4) is 0 Å². The van der Waals surface area contributed by atoms with E-state index in [-0.39, 0.29) is 5.91 Å². The van der Waals surface area contributed by atoms with Crippen LogP contribution in [-0.4, -0.2) is 28.9 Å². The molecule has 0 N–H and O–H groups in total. The van der Waals surface area contributed by atoms with E-state index in [0.717, 1.165) is 42.8 Å². The predicted octanol–water partition coefficient (Wildman–Crippen LogP) is 4.19. The number of nitrogens with zero attached hydrogens (tertiary/aromatic N) is 2. The highest BCUT2D eigenvalue weighted by molar-refractivity contribution is 7.09. The van der Waals surface area contributed by atoms with Gasteiger partial charge < -0.3 is 4.90 Å². The van der Waals surface area contributed by atoms with E-state index in [0.29, 0.717) is 5.69 Å². The molecule has 126 valence electrons. The van der Waals surface area contributed by atoms with Crippen molar-refractivity contribution in [2.45, 2.75) is 38.5 Å². The highest BCUT2D eigenvalue weighted by Crippen LogP contribution is 2.34. The molecular weight excluding hydrogens is 316 g/mol. The van der Waals surface area contributed by atoms with Crippen LogP contribution in [0.15, 0.2) is 35.7 Å². The van der Waals surface area contributed by atoms with Gasteiger partial charge in [0.25, 0.3) is 5.91 Å². The Bertz CT molecular complexity index is 685. The first-order valence-electron chi connectivity index (χ1n) is 9.05. The van der Waals surface area contributed by atoms with E-state index >= 15 is 0 Å². The van der Waals surface area contributed by atoms with Crippen molar-refractivity contribution in [3.05, 3.63) is 52.0 Å². The van der Waals surface area contributed by atoms with Gasteiger partial charge in [-0.25, -0.2) is 4.98 Å². The third kappa shape index (κ3) is 3.54. The smallest absolute Gasteiger partial charge is 0.273 e. The van der Waals surface area contributed by atoms with E-state index in [1.54, 1.807) is 11.3 Å². The number of amides is 1. The Morgan fingerprint density at radius 3 is 2.62 bits per heavy atom. The lowest BCUT2D eigenvalue weighted by molar-refractivity contribution is 0.0499. The Hall–Kier alpha value is -1.68. The number of aromatic nitrogens is 1. The van der Waals surface area contributed by atoms with E-state index in [2.05, 4.69) is 34.1 Å². The van der Waals surface area contributed by atoms with Crippen LogP contribution in [0.25, 0.3) is 0 Å². The maximum atomic E-state index is 12.8. The summed E-state index contributed by atoms with van der Waals surface area (Å²) in [5, 5.41) is 3.02. The van der Waals surface area contributed by atoms with Crippen molar-refractivity contribution in [2.24, 2.45) is 11.8 Å². The molecular formula is C20H24N2OS. The molecule has 4 rings (SSSR count). The molecule has 2 heterocycles. The molecule has 1 aliphatic carbocycles. The van der Waals surface area contributed by atoms with Gasteiger partial charge in [-0.15, -0.1) is 11.3 Å². The normalized spacial score (nSPS) is 23.2. The average molecular weight is 340 g/mol. The van der Waals surface area contributed by atoms with Crippen LogP contribution in [0.5, 0.6) is 0 Å². The van der Waals surface area contributed by atoms with Gasteiger partial charge in [-0.1, -0.05) is 36.8 Å². The summed E-state index contributed by atoms with van der Waals surface area (Å²) in [5.74, 6) is 1.59. The van der Waals surface area contributed by atoms with Gasteiger partial charge in [-0.05, 0) is 43.1 Å². The summed E-state index contributed by atoms with van der Waals surface area (Å²) in [4.78, 5) is 19.5. The maximum Gasteiger partial charge on any atom is 0.273 e. The number of fused-ring (bicyclic) bond motifs is 2. The second kappa shape index (κ2) is 7.06. The minimum atomic E-state index is 0.147. The highest BCUT2D eigenvalue weighted by Gasteiger charge is 2.33. The Kier molecular flexibility index (Phi) is 4.65. The van der Waals surface area contributed by atoms with Crippen LogP contribution in [0.1, 0.15) is 46.7 Å². The van der Waals surface area contributed by atoms with Crippen molar-refractivity contribution in [1.82, 2.24) is 9.88 Å². The molecule has 2 aromatic rings. The molecule has 1 amide bonds. The third-order valence-electron chi connectivity index (χ3n) is 5.38. The highest BCUT2D eigenvalue weighted by atomic mass is 32.1. The molecule has 1 aromatic heterocycles. The molecule has 2 aliphatic rings. The van der Waals surface area contributed by atoms with Crippen LogP contribution in [-0.2, 0) is 12.8 Å². The van der Waals surface area contributed by atoms with Gasteiger partial charge in [0, 0.05) is 24.9 Å². The molecule has 3 nitrogen and oxygen atoms in total. The van der Waals surface area contributed by atoms with Gasteiger partial charge in [-0.3, -0.25) is 4.79 Å². The summed E-state index contributed by atoms with van der Waals surface area (Å²) >= 11 is 1.62. The van der Waals surface area contributed by atoms with Gasteiger partial charge >= 0.3 is 0 Å². The first-order chi connectivity index (χ1) is 11.8. The van der Waals surface area contributed by atoms with Gasteiger partial charge in [-0.2, -0.15) is 0 Å². The molecule has 0 radical (unpaired) electrons. The van der Waals surface area contributed by atoms with E-state index in [4.69, 9.17) is 0 Å². The third-order valence-corrected chi connectivity index (χ3v) is 6.29. The summed E-state index contributed by atoms with van der Waals surface area (Å²) in [5.41, 5.74) is 1.98. The fourth-order valence-electron chi connectivity index (χ4n) is 4.18. The fraction of sp³-hybridized carbons (Fsp3) is 0.500. The number of rotatable bonds is 4. The number of benzene rings is 1. The summed E-state index contributed by atoms with van der Waals surface area (Å²) < 4.78 is 0. The van der Waals surface area contributed by atoms with Crippen molar-refractivity contribution < 1.29 is 4.79 Å². The standard InChI is InChI=1S/C20H24N2OS/c23-20(22-12-16-7-4-8-17(11-16)13-22)18-14-24-19(21-18)10-9-15-5-2-1-3-6-15/h1-3,5-6,14,16-17H,4,7-13H2. The molecule has 2 fully saturated rings. The largest absolute Gasteiger partial charge is 0.337 e. The molecule has 1 saturated carbocycles. The van der Waals surface area contributed by atoms with Crippen LogP contribution in [0, 0.1) is 11.8 Å². The summed E-state index contributed by atoms with van der Waals surface area (Å²) in [6.45, 7) is 1.87. The molecule has 1 aromatic carbocycles. The minimum absolute atomic E-state index is 0.147. The number of piperidine rings is 1. The predicted molar refractivity (Wildman–Crippen MR) is 97.3 cm³/mol. The lowest BCUT2D eigenvalue weighted by atomic mass is 9.78. The van der Waals surface area contributed by atoms with Gasteiger partial charge in [0.05, 0.1) is 5.01 Å². The summed E-state index contributed by atoms with van der Waals surface area (Å²) in [7, 11) is 0. The van der Waals surface area contributed by atoms with Crippen molar-refractivity contribution in [2.75, 3.05) is 13.1 Å². The Labute approximate surface area is 147 Å². The zero-order chi connectivity index (χ0) is 16.4. The Balaban J connectivity index is 1.38. The summed E-state index contributed by atoms with van der Waals surface area (Å²) in [6.07, 6.45) is 7.14. The Morgan fingerprint density at radius 2 is 1.88 bits per heavy atom. The first-order valence-corrected chi connectivity index (χ1v) is 9.93. The maximum absolute atomic E-state index is 12.8. The monoisotopic (exact) mass is 340 g/mol. The van der Waals surface area contributed by atoms with Crippen molar-refractivity contribution >= 4 is 17.2 Å². The van der Waals surface area contributed by atoms with E-state index in [9.17, 15) is 4.79 Å². The van der Waals surface area contributed by atoms with Crippen molar-refractivity contribution in [3.63, 3.8) is 0 Å². The van der Waals surface area contributed by atoms with Gasteiger partial charge in [0.1, 0.15) is 5.69 Å². The second-order valence-corrected chi connectivity index (χ2v) is 8.16. The fourth-order valence-corrected chi connectivity index (χ4v) is 4.95. The first kappa shape index (κ1) is 15.8. The zero-order valence-corrected chi connectivity index (χ0v) is 14.8. The SMILES string of the molecule is O=C(c1csc(CCc2ccccc2)n1)N1CC2CCCC(C2)C1. The molecule has 1 aliphatic heterocycles. The van der Waals surface area contributed by atoms with Gasteiger partial charge in [0.15, 0.2) is 0 Å². The topological polar surface area (TPSA) is 33.2 Å². The molecule has 1 saturated heterocycles. The number of carbonyl (C=O) groups excluding carboxylic acids is 1. The van der Waals surface area contributed by atoms with Crippen LogP contribution in [0.2, 0.25) is 0 Å².